The number of piperidine rings is 1. The van der Waals surface area contributed by atoms with Gasteiger partial charge in [-0.3, -0.25) is 4.79 Å². The molecule has 0 aromatic heterocycles. The van der Waals surface area contributed by atoms with E-state index in [2.05, 4.69) is 5.32 Å². The van der Waals surface area contributed by atoms with Crippen LogP contribution in [0.3, 0.4) is 0 Å². The largest absolute Gasteiger partial charge is 0.340 e. The Bertz CT molecular complexity index is 478. The highest BCUT2D eigenvalue weighted by Gasteiger charge is 2.21. The molecule has 20 heavy (non-hydrogen) atoms. The zero-order valence-corrected chi connectivity index (χ0v) is 11.3. The van der Waals surface area contributed by atoms with Crippen LogP contribution < -0.4 is 5.32 Å². The van der Waals surface area contributed by atoms with Crippen molar-refractivity contribution < 1.29 is 18.0 Å². The van der Waals surface area contributed by atoms with Crippen LogP contribution in [0.5, 0.6) is 0 Å². The molecular formula is C14H17F3N2O. The normalized spacial score (nSPS) is 18.9. The average molecular weight is 286 g/mol. The Morgan fingerprint density at radius 3 is 2.50 bits per heavy atom. The summed E-state index contributed by atoms with van der Waals surface area (Å²) in [6.07, 6.45) is 3.17. The molecule has 1 heterocycles. The lowest BCUT2D eigenvalue weighted by Crippen LogP contribution is -2.44. The van der Waals surface area contributed by atoms with Gasteiger partial charge in [-0.25, -0.2) is 13.2 Å². The van der Waals surface area contributed by atoms with Crippen molar-refractivity contribution in [1.29, 1.82) is 0 Å². The van der Waals surface area contributed by atoms with E-state index < -0.39 is 23.4 Å². The van der Waals surface area contributed by atoms with E-state index >= 15 is 0 Å². The second kappa shape index (κ2) is 6.26. The standard InChI is InChI=1S/C14H17F3N2O/c1-19(8-10-4-2-3-5-18-10)14(20)9-6-11(15)13(17)12(16)7-9/h6-7,10,18H,2-5,8H2,1H3. The second-order valence-corrected chi connectivity index (χ2v) is 5.09. The van der Waals surface area contributed by atoms with Crippen molar-refractivity contribution in [2.45, 2.75) is 25.3 Å². The van der Waals surface area contributed by atoms with Crippen LogP contribution in [0.2, 0.25) is 0 Å². The maximum Gasteiger partial charge on any atom is 0.253 e. The number of likely N-dealkylation sites (N-methyl/N-ethyl adjacent to an activating group) is 1. The molecule has 1 saturated heterocycles. The Hall–Kier alpha value is -1.56. The number of hydrogen-bond donors (Lipinski definition) is 1. The van der Waals surface area contributed by atoms with Gasteiger partial charge in [-0.05, 0) is 31.5 Å². The van der Waals surface area contributed by atoms with Crippen LogP contribution in [0.15, 0.2) is 12.1 Å². The quantitative estimate of drug-likeness (QED) is 0.865. The number of carbonyl (C=O) groups is 1. The predicted octanol–water partition coefficient (Wildman–Crippen LogP) is 2.32. The fraction of sp³-hybridized carbons (Fsp3) is 0.500. The molecule has 0 spiro atoms. The highest BCUT2D eigenvalue weighted by molar-refractivity contribution is 5.94. The van der Waals surface area contributed by atoms with E-state index in [4.69, 9.17) is 0 Å². The Labute approximate surface area is 115 Å². The maximum atomic E-state index is 13.1. The molecule has 0 bridgehead atoms. The summed E-state index contributed by atoms with van der Waals surface area (Å²) >= 11 is 0. The minimum atomic E-state index is -1.56. The summed E-state index contributed by atoms with van der Waals surface area (Å²) in [6.45, 7) is 1.37. The molecule has 3 nitrogen and oxygen atoms in total. The van der Waals surface area contributed by atoms with E-state index in [0.717, 1.165) is 37.9 Å². The van der Waals surface area contributed by atoms with Crippen LogP contribution in [0, 0.1) is 17.5 Å². The second-order valence-electron chi connectivity index (χ2n) is 5.09. The number of carbonyl (C=O) groups excluding carboxylic acids is 1. The van der Waals surface area contributed by atoms with Crippen LogP contribution in [0.4, 0.5) is 13.2 Å². The highest BCUT2D eigenvalue weighted by atomic mass is 19.2. The zero-order valence-electron chi connectivity index (χ0n) is 11.3. The van der Waals surface area contributed by atoms with Gasteiger partial charge >= 0.3 is 0 Å². The number of rotatable bonds is 3. The van der Waals surface area contributed by atoms with Gasteiger partial charge in [0.05, 0.1) is 0 Å². The van der Waals surface area contributed by atoms with E-state index in [1.165, 1.54) is 4.90 Å². The molecule has 1 fully saturated rings. The van der Waals surface area contributed by atoms with Gasteiger partial charge in [0.15, 0.2) is 17.5 Å². The summed E-state index contributed by atoms with van der Waals surface area (Å²) in [5, 5.41) is 3.29. The minimum Gasteiger partial charge on any atom is -0.340 e. The molecule has 0 radical (unpaired) electrons. The summed E-state index contributed by atoms with van der Waals surface area (Å²) in [6, 6.07) is 1.64. The number of halogens is 3. The SMILES string of the molecule is CN(CC1CCCCN1)C(=O)c1cc(F)c(F)c(F)c1. The first kappa shape index (κ1) is 14.8. The summed E-state index contributed by atoms with van der Waals surface area (Å²) in [4.78, 5) is 13.5. The summed E-state index contributed by atoms with van der Waals surface area (Å²) in [5.74, 6) is -4.77. The van der Waals surface area contributed by atoms with Crippen molar-refractivity contribution in [3.05, 3.63) is 35.1 Å². The van der Waals surface area contributed by atoms with Gasteiger partial charge in [0.25, 0.3) is 5.91 Å². The monoisotopic (exact) mass is 286 g/mol. The summed E-state index contributed by atoms with van der Waals surface area (Å²) in [7, 11) is 1.57. The van der Waals surface area contributed by atoms with E-state index in [0.29, 0.717) is 6.54 Å². The maximum absolute atomic E-state index is 13.1. The van der Waals surface area contributed by atoms with Crippen molar-refractivity contribution in [3.63, 3.8) is 0 Å². The molecule has 0 aliphatic carbocycles. The van der Waals surface area contributed by atoms with Crippen LogP contribution in [-0.4, -0.2) is 37.0 Å². The predicted molar refractivity (Wildman–Crippen MR) is 68.9 cm³/mol. The molecular weight excluding hydrogens is 269 g/mol. The van der Waals surface area contributed by atoms with Gasteiger partial charge in [-0.1, -0.05) is 6.42 Å². The lowest BCUT2D eigenvalue weighted by atomic mass is 10.0. The molecule has 1 aliphatic rings. The van der Waals surface area contributed by atoms with Crippen molar-refractivity contribution >= 4 is 5.91 Å². The van der Waals surface area contributed by atoms with Gasteiger partial charge < -0.3 is 10.2 Å². The van der Waals surface area contributed by atoms with E-state index in [-0.39, 0.29) is 11.6 Å². The molecule has 0 saturated carbocycles. The Balaban J connectivity index is 2.06. The lowest BCUT2D eigenvalue weighted by molar-refractivity contribution is 0.0774. The van der Waals surface area contributed by atoms with Crippen LogP contribution in [0.1, 0.15) is 29.6 Å². The van der Waals surface area contributed by atoms with E-state index in [1.54, 1.807) is 7.05 Å². The van der Waals surface area contributed by atoms with Crippen LogP contribution in [-0.2, 0) is 0 Å². The van der Waals surface area contributed by atoms with E-state index in [1.807, 2.05) is 0 Å². The zero-order chi connectivity index (χ0) is 14.7. The highest BCUT2D eigenvalue weighted by Crippen LogP contribution is 2.16. The lowest BCUT2D eigenvalue weighted by Gasteiger charge is -2.28. The molecule has 1 aliphatic heterocycles. The Morgan fingerprint density at radius 2 is 1.95 bits per heavy atom. The third kappa shape index (κ3) is 3.30. The fourth-order valence-electron chi connectivity index (χ4n) is 2.39. The molecule has 6 heteroatoms. The smallest absolute Gasteiger partial charge is 0.253 e. The van der Waals surface area contributed by atoms with Crippen molar-refractivity contribution in [3.8, 4) is 0 Å². The first-order valence-electron chi connectivity index (χ1n) is 6.62. The van der Waals surface area contributed by atoms with Crippen molar-refractivity contribution in [2.75, 3.05) is 20.1 Å². The number of nitrogens with one attached hydrogen (secondary N) is 1. The topological polar surface area (TPSA) is 32.3 Å². The molecule has 1 aromatic carbocycles. The van der Waals surface area contributed by atoms with Crippen LogP contribution in [0.25, 0.3) is 0 Å². The first-order valence-corrected chi connectivity index (χ1v) is 6.62. The number of nitrogens with zero attached hydrogens (tertiary/aromatic N) is 1. The molecule has 1 unspecified atom stereocenters. The summed E-state index contributed by atoms with van der Waals surface area (Å²) in [5.41, 5.74) is -0.181. The third-order valence-electron chi connectivity index (χ3n) is 3.48. The van der Waals surface area contributed by atoms with E-state index in [9.17, 15) is 18.0 Å². The van der Waals surface area contributed by atoms with Crippen molar-refractivity contribution in [1.82, 2.24) is 10.2 Å². The third-order valence-corrected chi connectivity index (χ3v) is 3.48. The number of benzene rings is 1. The van der Waals surface area contributed by atoms with Gasteiger partial charge in [-0.15, -0.1) is 0 Å². The molecule has 1 amide bonds. The van der Waals surface area contributed by atoms with Crippen LogP contribution >= 0.6 is 0 Å². The minimum absolute atomic E-state index is 0.181. The molecule has 110 valence electrons. The van der Waals surface area contributed by atoms with Gasteiger partial charge in [0.2, 0.25) is 0 Å². The fourth-order valence-corrected chi connectivity index (χ4v) is 2.39. The number of amides is 1. The molecule has 1 N–H and O–H groups in total. The Kier molecular flexibility index (Phi) is 4.65. The first-order chi connectivity index (χ1) is 9.49. The average Bonchev–Trinajstić information content (AvgIpc) is 2.44. The molecule has 1 atom stereocenters. The number of hydrogen-bond acceptors (Lipinski definition) is 2. The molecule has 2 rings (SSSR count). The molecule has 1 aromatic rings. The Morgan fingerprint density at radius 1 is 1.30 bits per heavy atom. The van der Waals surface area contributed by atoms with Gasteiger partial charge in [0, 0.05) is 25.2 Å². The van der Waals surface area contributed by atoms with Gasteiger partial charge in [0.1, 0.15) is 0 Å². The summed E-state index contributed by atoms with van der Waals surface area (Å²) < 4.78 is 39.1. The van der Waals surface area contributed by atoms with Crippen molar-refractivity contribution in [2.24, 2.45) is 0 Å². The van der Waals surface area contributed by atoms with Gasteiger partial charge in [-0.2, -0.15) is 0 Å².